The van der Waals surface area contributed by atoms with Gasteiger partial charge in [-0.3, -0.25) is 9.69 Å². The van der Waals surface area contributed by atoms with Crippen LogP contribution in [0.15, 0.2) is 70.6 Å². The van der Waals surface area contributed by atoms with Crippen molar-refractivity contribution < 1.29 is 18.8 Å². The highest BCUT2D eigenvalue weighted by molar-refractivity contribution is 7.13. The summed E-state index contributed by atoms with van der Waals surface area (Å²) in [6.45, 7) is 3.72. The predicted octanol–water partition coefficient (Wildman–Crippen LogP) is 4.34. The van der Waals surface area contributed by atoms with Crippen molar-refractivity contribution in [3.05, 3.63) is 83.1 Å². The predicted molar refractivity (Wildman–Crippen MR) is 133 cm³/mol. The van der Waals surface area contributed by atoms with Gasteiger partial charge >= 0.3 is 0 Å². The number of aromatic nitrogens is 2. The van der Waals surface area contributed by atoms with E-state index in [1.54, 1.807) is 36.6 Å². The van der Waals surface area contributed by atoms with E-state index in [-0.39, 0.29) is 5.91 Å². The number of methoxy groups -OCH3 is 1. The monoisotopic (exact) mass is 490 g/mol. The van der Waals surface area contributed by atoms with Crippen molar-refractivity contribution in [2.75, 3.05) is 33.3 Å². The molecule has 1 amide bonds. The molecule has 0 unspecified atom stereocenters. The molecule has 0 aliphatic carbocycles. The van der Waals surface area contributed by atoms with Gasteiger partial charge in [0.1, 0.15) is 6.61 Å². The Balaban J connectivity index is 1.16. The topological polar surface area (TPSA) is 80.9 Å². The zero-order chi connectivity index (χ0) is 24.0. The second kappa shape index (κ2) is 10.7. The summed E-state index contributed by atoms with van der Waals surface area (Å²) in [5.41, 5.74) is 1.65. The molecule has 1 aliphatic rings. The number of ether oxygens (including phenoxy) is 2. The first-order chi connectivity index (χ1) is 17.2. The van der Waals surface area contributed by atoms with Gasteiger partial charge in [0.2, 0.25) is 11.7 Å². The number of piperazine rings is 1. The van der Waals surface area contributed by atoms with Crippen molar-refractivity contribution >= 4 is 17.2 Å². The van der Waals surface area contributed by atoms with Gasteiger partial charge in [-0.05, 0) is 35.2 Å². The van der Waals surface area contributed by atoms with Crippen LogP contribution in [0.25, 0.3) is 10.7 Å². The number of hydrogen-bond acceptors (Lipinski definition) is 8. The van der Waals surface area contributed by atoms with E-state index in [4.69, 9.17) is 14.0 Å². The Morgan fingerprint density at radius 3 is 2.60 bits per heavy atom. The fourth-order valence-electron chi connectivity index (χ4n) is 3.96. The largest absolute Gasteiger partial charge is 0.493 e. The molecule has 0 N–H and O–H groups in total. The van der Waals surface area contributed by atoms with E-state index < -0.39 is 0 Å². The molecule has 1 saturated heterocycles. The molecule has 0 radical (unpaired) electrons. The molecule has 0 bridgehead atoms. The lowest BCUT2D eigenvalue weighted by molar-refractivity contribution is 0.0614. The standard InChI is InChI=1S/C26H26N4O4S/c1-32-22-16-20(9-10-21(22)33-18-19-6-3-2-4-7-19)26(31)30-13-11-29(12-14-30)17-24-27-25(28-34-24)23-8-5-15-35-23/h2-10,15-16H,11-14,17-18H2,1H3. The van der Waals surface area contributed by atoms with Crippen LogP contribution < -0.4 is 9.47 Å². The number of thiophene rings is 1. The summed E-state index contributed by atoms with van der Waals surface area (Å²) < 4.78 is 16.8. The molecule has 3 heterocycles. The summed E-state index contributed by atoms with van der Waals surface area (Å²) in [7, 11) is 1.58. The van der Waals surface area contributed by atoms with Crippen LogP contribution in [-0.4, -0.2) is 59.1 Å². The van der Waals surface area contributed by atoms with Gasteiger partial charge in [0.05, 0.1) is 18.5 Å². The van der Waals surface area contributed by atoms with Crippen LogP contribution in [0.5, 0.6) is 11.5 Å². The van der Waals surface area contributed by atoms with Crippen LogP contribution in [0.3, 0.4) is 0 Å². The van der Waals surface area contributed by atoms with E-state index in [0.717, 1.165) is 23.5 Å². The van der Waals surface area contributed by atoms with Crippen LogP contribution in [-0.2, 0) is 13.2 Å². The van der Waals surface area contributed by atoms with Crippen molar-refractivity contribution in [2.24, 2.45) is 0 Å². The summed E-state index contributed by atoms with van der Waals surface area (Å²) >= 11 is 1.58. The van der Waals surface area contributed by atoms with Gasteiger partial charge in [0.15, 0.2) is 11.5 Å². The van der Waals surface area contributed by atoms with Crippen LogP contribution in [0.1, 0.15) is 21.8 Å². The Morgan fingerprint density at radius 1 is 1.03 bits per heavy atom. The van der Waals surface area contributed by atoms with Crippen LogP contribution >= 0.6 is 11.3 Å². The van der Waals surface area contributed by atoms with Crippen LogP contribution in [0.2, 0.25) is 0 Å². The molecule has 2 aromatic heterocycles. The third kappa shape index (κ3) is 5.52. The van der Waals surface area contributed by atoms with Crippen molar-refractivity contribution in [1.29, 1.82) is 0 Å². The van der Waals surface area contributed by atoms with Gasteiger partial charge in [0.25, 0.3) is 5.91 Å². The maximum absolute atomic E-state index is 13.1. The quantitative estimate of drug-likeness (QED) is 0.363. The lowest BCUT2D eigenvalue weighted by atomic mass is 10.1. The van der Waals surface area contributed by atoms with Gasteiger partial charge in [0, 0.05) is 31.7 Å². The Morgan fingerprint density at radius 2 is 1.86 bits per heavy atom. The molecule has 35 heavy (non-hydrogen) atoms. The zero-order valence-corrected chi connectivity index (χ0v) is 20.2. The first kappa shape index (κ1) is 23.1. The fourth-order valence-corrected chi connectivity index (χ4v) is 4.61. The number of nitrogens with zero attached hydrogens (tertiary/aromatic N) is 4. The van der Waals surface area contributed by atoms with Crippen molar-refractivity contribution in [3.63, 3.8) is 0 Å². The van der Waals surface area contributed by atoms with Crippen molar-refractivity contribution in [1.82, 2.24) is 19.9 Å². The number of rotatable bonds is 8. The molecular weight excluding hydrogens is 464 g/mol. The third-order valence-electron chi connectivity index (χ3n) is 5.88. The molecule has 0 saturated carbocycles. The summed E-state index contributed by atoms with van der Waals surface area (Å²) in [6, 6.07) is 19.2. The second-order valence-corrected chi connectivity index (χ2v) is 9.14. The normalized spacial score (nSPS) is 14.1. The molecule has 0 spiro atoms. The van der Waals surface area contributed by atoms with Crippen molar-refractivity contribution in [3.8, 4) is 22.2 Å². The zero-order valence-electron chi connectivity index (χ0n) is 19.4. The van der Waals surface area contributed by atoms with Crippen LogP contribution in [0.4, 0.5) is 0 Å². The van der Waals surface area contributed by atoms with Gasteiger partial charge in [-0.2, -0.15) is 4.98 Å². The molecule has 180 valence electrons. The van der Waals surface area contributed by atoms with Gasteiger partial charge in [-0.1, -0.05) is 41.6 Å². The first-order valence-corrected chi connectivity index (χ1v) is 12.3. The second-order valence-electron chi connectivity index (χ2n) is 8.20. The van der Waals surface area contributed by atoms with Crippen LogP contribution in [0, 0.1) is 0 Å². The molecule has 1 aliphatic heterocycles. The smallest absolute Gasteiger partial charge is 0.254 e. The minimum absolute atomic E-state index is 0.0182. The third-order valence-corrected chi connectivity index (χ3v) is 6.74. The summed E-state index contributed by atoms with van der Waals surface area (Å²) in [5, 5.41) is 6.06. The molecule has 1 fully saturated rings. The highest BCUT2D eigenvalue weighted by Crippen LogP contribution is 2.29. The SMILES string of the molecule is COc1cc(C(=O)N2CCN(Cc3nc(-c4cccs4)no3)CC2)ccc1OCc1ccccc1. The average molecular weight is 491 g/mol. The Bertz CT molecular complexity index is 1250. The van der Waals surface area contributed by atoms with E-state index in [2.05, 4.69) is 15.0 Å². The Kier molecular flexibility index (Phi) is 7.06. The summed E-state index contributed by atoms with van der Waals surface area (Å²) in [5.74, 6) is 2.34. The van der Waals surface area contributed by atoms with Gasteiger partial charge in [-0.25, -0.2) is 0 Å². The van der Waals surface area contributed by atoms with E-state index in [9.17, 15) is 4.79 Å². The number of hydrogen-bond donors (Lipinski definition) is 0. The molecule has 9 heteroatoms. The lowest BCUT2D eigenvalue weighted by Gasteiger charge is -2.34. The van der Waals surface area contributed by atoms with E-state index in [1.807, 2.05) is 52.7 Å². The fraction of sp³-hybridized carbons (Fsp3) is 0.269. The number of amides is 1. The lowest BCUT2D eigenvalue weighted by Crippen LogP contribution is -2.48. The van der Waals surface area contributed by atoms with E-state index >= 15 is 0 Å². The Hall–Kier alpha value is -3.69. The Labute approximate surface area is 207 Å². The van der Waals surface area contributed by atoms with E-state index in [1.165, 1.54) is 0 Å². The molecule has 5 rings (SSSR count). The van der Waals surface area contributed by atoms with E-state index in [0.29, 0.717) is 55.0 Å². The molecule has 4 aromatic rings. The first-order valence-electron chi connectivity index (χ1n) is 11.4. The maximum atomic E-state index is 13.1. The minimum atomic E-state index is -0.0182. The highest BCUT2D eigenvalue weighted by Gasteiger charge is 2.24. The maximum Gasteiger partial charge on any atom is 0.254 e. The molecule has 8 nitrogen and oxygen atoms in total. The van der Waals surface area contributed by atoms with Gasteiger partial charge in [-0.15, -0.1) is 11.3 Å². The summed E-state index contributed by atoms with van der Waals surface area (Å²) in [4.78, 5) is 22.7. The average Bonchev–Trinajstić information content (AvgIpc) is 3.60. The minimum Gasteiger partial charge on any atom is -0.493 e. The molecular formula is C26H26N4O4S. The summed E-state index contributed by atoms with van der Waals surface area (Å²) in [6.07, 6.45) is 0. The molecule has 0 atom stereocenters. The van der Waals surface area contributed by atoms with Crippen molar-refractivity contribution in [2.45, 2.75) is 13.2 Å². The highest BCUT2D eigenvalue weighted by atomic mass is 32.1. The molecule has 2 aromatic carbocycles. The van der Waals surface area contributed by atoms with Gasteiger partial charge < -0.3 is 18.9 Å². The number of carbonyl (C=O) groups is 1. The number of carbonyl (C=O) groups excluding carboxylic acids is 1. The number of benzene rings is 2.